The molecule has 0 N–H and O–H groups in total. The van der Waals surface area contributed by atoms with E-state index in [9.17, 15) is 18.0 Å². The topological polar surface area (TPSA) is 80.8 Å². The Morgan fingerprint density at radius 1 is 1.39 bits per heavy atom. The number of nitrogens with zero attached hydrogens (tertiary/aromatic N) is 1. The molecule has 0 radical (unpaired) electrons. The molecule has 2 rings (SSSR count). The van der Waals surface area contributed by atoms with Crippen LogP contribution in [0.5, 0.6) is 0 Å². The Morgan fingerprint density at radius 3 is 2.52 bits per heavy atom. The van der Waals surface area contributed by atoms with Crippen molar-refractivity contribution in [3.63, 3.8) is 0 Å². The summed E-state index contributed by atoms with van der Waals surface area (Å²) in [6.45, 7) is 8.61. The van der Waals surface area contributed by atoms with E-state index in [2.05, 4.69) is 0 Å². The second-order valence-corrected chi connectivity index (χ2v) is 9.86. The van der Waals surface area contributed by atoms with Gasteiger partial charge in [-0.3, -0.25) is 9.59 Å². The third-order valence-electron chi connectivity index (χ3n) is 4.64. The van der Waals surface area contributed by atoms with Crippen LogP contribution in [0, 0.1) is 11.8 Å². The van der Waals surface area contributed by atoms with Crippen molar-refractivity contribution in [1.29, 1.82) is 0 Å². The molecular weight excluding hydrogens is 318 g/mol. The van der Waals surface area contributed by atoms with Crippen molar-refractivity contribution < 1.29 is 22.7 Å². The van der Waals surface area contributed by atoms with E-state index in [0.29, 0.717) is 6.42 Å². The zero-order valence-electron chi connectivity index (χ0n) is 14.3. The second kappa shape index (κ2) is 6.02. The first-order valence-corrected chi connectivity index (χ1v) is 9.36. The fourth-order valence-corrected chi connectivity index (χ4v) is 4.91. The highest BCUT2D eigenvalue weighted by Gasteiger charge is 2.51. The van der Waals surface area contributed by atoms with E-state index in [-0.39, 0.29) is 30.8 Å². The summed E-state index contributed by atoms with van der Waals surface area (Å²) in [5.74, 6) is -0.915. The molecular formula is C16H25NO5S. The Kier molecular flexibility index (Phi) is 4.74. The van der Waals surface area contributed by atoms with Crippen LogP contribution in [-0.4, -0.2) is 48.4 Å². The zero-order valence-corrected chi connectivity index (χ0v) is 15.1. The summed E-state index contributed by atoms with van der Waals surface area (Å²) in [6.07, 6.45) is 1.88. The Bertz CT molecular complexity index is 644. The third-order valence-corrected chi connectivity index (χ3v) is 7.16. The van der Waals surface area contributed by atoms with Crippen LogP contribution in [0.3, 0.4) is 0 Å². The number of fused-ring (bicyclic) bond motifs is 1. The van der Waals surface area contributed by atoms with Gasteiger partial charge in [0.1, 0.15) is 6.04 Å². The van der Waals surface area contributed by atoms with Gasteiger partial charge < -0.3 is 4.74 Å². The number of carbonyl (C=O) groups is 2. The molecule has 0 unspecified atom stereocenters. The van der Waals surface area contributed by atoms with Crippen LogP contribution < -0.4 is 0 Å². The molecule has 0 bridgehead atoms. The van der Waals surface area contributed by atoms with Gasteiger partial charge in [-0.15, -0.1) is 0 Å². The Balaban J connectivity index is 2.49. The molecule has 0 aromatic rings. The molecule has 6 nitrogen and oxygen atoms in total. The minimum atomic E-state index is -3.72. The quantitative estimate of drug-likeness (QED) is 0.726. The lowest BCUT2D eigenvalue weighted by molar-refractivity contribution is -0.150. The number of ether oxygens (including phenoxy) is 1. The van der Waals surface area contributed by atoms with Gasteiger partial charge in [0.15, 0.2) is 5.78 Å². The standard InChI is InChI=1S/C16H25NO5S/c1-6-22-15(19)14-10(2)13-8-12(18)7-11(13)9-17(14)23(20,21)16(3,4)5/h7,10,13-14H,6,8-9H2,1-5H3/t10-,13-,14+/m1/s1. The minimum absolute atomic E-state index is 0.00512. The summed E-state index contributed by atoms with van der Waals surface area (Å²) >= 11 is 0. The summed E-state index contributed by atoms with van der Waals surface area (Å²) in [5.41, 5.74) is 0.802. The zero-order chi connectivity index (χ0) is 17.6. The van der Waals surface area contributed by atoms with E-state index in [0.717, 1.165) is 5.57 Å². The number of hydrogen-bond acceptors (Lipinski definition) is 5. The number of carbonyl (C=O) groups excluding carboxylic acids is 2. The van der Waals surface area contributed by atoms with Gasteiger partial charge in [0, 0.05) is 13.0 Å². The second-order valence-electron chi connectivity index (χ2n) is 7.21. The highest BCUT2D eigenvalue weighted by molar-refractivity contribution is 7.90. The number of piperidine rings is 1. The van der Waals surface area contributed by atoms with E-state index in [1.54, 1.807) is 27.7 Å². The average molecular weight is 343 g/mol. The van der Waals surface area contributed by atoms with Gasteiger partial charge in [-0.25, -0.2) is 8.42 Å². The van der Waals surface area contributed by atoms with Gasteiger partial charge in [0.05, 0.1) is 11.4 Å². The molecule has 1 aliphatic carbocycles. The first kappa shape index (κ1) is 18.1. The lowest BCUT2D eigenvalue weighted by atomic mass is 9.79. The molecule has 0 aromatic heterocycles. The van der Waals surface area contributed by atoms with E-state index >= 15 is 0 Å². The maximum absolute atomic E-state index is 12.9. The van der Waals surface area contributed by atoms with Crippen molar-refractivity contribution >= 4 is 21.8 Å². The monoisotopic (exact) mass is 343 g/mol. The van der Waals surface area contributed by atoms with Gasteiger partial charge in [0.25, 0.3) is 0 Å². The van der Waals surface area contributed by atoms with Crippen LogP contribution in [0.25, 0.3) is 0 Å². The van der Waals surface area contributed by atoms with Crippen LogP contribution in [0.4, 0.5) is 0 Å². The van der Waals surface area contributed by atoms with Crippen LogP contribution in [0.1, 0.15) is 41.0 Å². The van der Waals surface area contributed by atoms with Gasteiger partial charge in [0.2, 0.25) is 10.0 Å². The number of ketones is 1. The summed E-state index contributed by atoms with van der Waals surface area (Å²) in [6, 6.07) is -0.882. The molecule has 1 heterocycles. The molecule has 0 spiro atoms. The van der Waals surface area contributed by atoms with Gasteiger partial charge in [-0.2, -0.15) is 4.31 Å². The fraction of sp³-hybridized carbons (Fsp3) is 0.750. The number of hydrogen-bond donors (Lipinski definition) is 0. The van der Waals surface area contributed by atoms with Crippen LogP contribution in [0.2, 0.25) is 0 Å². The van der Waals surface area contributed by atoms with E-state index < -0.39 is 26.8 Å². The van der Waals surface area contributed by atoms with Gasteiger partial charge in [-0.1, -0.05) is 6.92 Å². The Labute approximate surface area is 137 Å². The molecule has 0 amide bonds. The van der Waals surface area contributed by atoms with E-state index in [1.807, 2.05) is 6.92 Å². The first-order chi connectivity index (χ1) is 10.5. The van der Waals surface area contributed by atoms with Gasteiger partial charge in [-0.05, 0) is 51.2 Å². The SMILES string of the molecule is CCOC(=O)[C@@H]1[C@H](C)[C@H]2CC(=O)C=C2CN1S(=O)(=O)C(C)(C)C. The lowest BCUT2D eigenvalue weighted by Crippen LogP contribution is -2.58. The highest BCUT2D eigenvalue weighted by Crippen LogP contribution is 2.41. The van der Waals surface area contributed by atoms with Crippen LogP contribution in [0.15, 0.2) is 11.6 Å². The summed E-state index contributed by atoms with van der Waals surface area (Å²) in [4.78, 5) is 24.2. The number of rotatable bonds is 3. The summed E-state index contributed by atoms with van der Waals surface area (Å²) < 4.78 is 31.2. The Hall–Kier alpha value is -1.21. The molecule has 0 saturated carbocycles. The highest BCUT2D eigenvalue weighted by atomic mass is 32.2. The van der Waals surface area contributed by atoms with Crippen LogP contribution >= 0.6 is 0 Å². The normalized spacial score (nSPS) is 29.2. The largest absolute Gasteiger partial charge is 0.465 e. The minimum Gasteiger partial charge on any atom is -0.465 e. The molecule has 23 heavy (non-hydrogen) atoms. The van der Waals surface area contributed by atoms with Gasteiger partial charge >= 0.3 is 5.97 Å². The maximum Gasteiger partial charge on any atom is 0.324 e. The van der Waals surface area contributed by atoms with E-state index in [1.165, 1.54) is 10.4 Å². The summed E-state index contributed by atoms with van der Waals surface area (Å²) in [7, 11) is -3.72. The first-order valence-electron chi connectivity index (χ1n) is 7.92. The van der Waals surface area contributed by atoms with Crippen molar-refractivity contribution in [2.75, 3.05) is 13.2 Å². The van der Waals surface area contributed by atoms with Crippen molar-refractivity contribution in [2.24, 2.45) is 11.8 Å². The molecule has 1 aliphatic heterocycles. The van der Waals surface area contributed by atoms with Crippen molar-refractivity contribution in [2.45, 2.75) is 51.8 Å². The average Bonchev–Trinajstić information content (AvgIpc) is 2.78. The molecule has 1 saturated heterocycles. The predicted octanol–water partition coefficient (Wildman–Crippen LogP) is 1.51. The van der Waals surface area contributed by atoms with Crippen LogP contribution in [-0.2, 0) is 24.3 Å². The van der Waals surface area contributed by atoms with Crippen molar-refractivity contribution in [3.8, 4) is 0 Å². The molecule has 7 heteroatoms. The fourth-order valence-electron chi connectivity index (χ4n) is 3.31. The predicted molar refractivity (Wildman–Crippen MR) is 86.2 cm³/mol. The molecule has 2 aliphatic rings. The third kappa shape index (κ3) is 3.08. The number of allylic oxidation sites excluding steroid dienone is 1. The molecule has 130 valence electrons. The van der Waals surface area contributed by atoms with Crippen molar-refractivity contribution in [3.05, 3.63) is 11.6 Å². The Morgan fingerprint density at radius 2 is 2.00 bits per heavy atom. The lowest BCUT2D eigenvalue weighted by Gasteiger charge is -2.43. The number of esters is 1. The number of sulfonamides is 1. The summed E-state index contributed by atoms with van der Waals surface area (Å²) in [5, 5.41) is 0. The van der Waals surface area contributed by atoms with E-state index in [4.69, 9.17) is 4.74 Å². The molecule has 1 fully saturated rings. The smallest absolute Gasteiger partial charge is 0.324 e. The molecule has 3 atom stereocenters. The van der Waals surface area contributed by atoms with Crippen molar-refractivity contribution in [1.82, 2.24) is 4.31 Å². The maximum atomic E-state index is 12.9. The molecule has 0 aromatic carbocycles.